The van der Waals surface area contributed by atoms with Crippen LogP contribution in [-0.4, -0.2) is 28.6 Å². The molecular formula is C14H19FN2S2. The summed E-state index contributed by atoms with van der Waals surface area (Å²) >= 11 is 7.01. The van der Waals surface area contributed by atoms with Crippen molar-refractivity contribution in [3.8, 4) is 0 Å². The molecule has 1 heterocycles. The van der Waals surface area contributed by atoms with E-state index in [0.717, 1.165) is 31.0 Å². The number of thioether (sulfide) groups is 1. The predicted molar refractivity (Wildman–Crippen MR) is 85.7 cm³/mol. The fourth-order valence-electron chi connectivity index (χ4n) is 2.24. The highest BCUT2D eigenvalue weighted by Gasteiger charge is 2.25. The van der Waals surface area contributed by atoms with Crippen LogP contribution in [0.4, 0.5) is 10.1 Å². The van der Waals surface area contributed by atoms with Crippen molar-refractivity contribution in [3.63, 3.8) is 0 Å². The number of nitrogens with zero attached hydrogens (tertiary/aromatic N) is 1. The van der Waals surface area contributed by atoms with Gasteiger partial charge in [0.2, 0.25) is 0 Å². The molecule has 0 amide bonds. The Kier molecular flexibility index (Phi) is 4.36. The highest BCUT2D eigenvalue weighted by atomic mass is 32.2. The molecule has 5 heteroatoms. The molecule has 0 bridgehead atoms. The third-order valence-electron chi connectivity index (χ3n) is 3.40. The lowest BCUT2D eigenvalue weighted by molar-refractivity contribution is 0.624. The van der Waals surface area contributed by atoms with E-state index >= 15 is 0 Å². The average molecular weight is 298 g/mol. The second kappa shape index (κ2) is 5.67. The van der Waals surface area contributed by atoms with Crippen molar-refractivity contribution in [1.82, 2.24) is 0 Å². The number of benzene rings is 1. The molecule has 0 aliphatic carbocycles. The molecule has 1 aromatic rings. The van der Waals surface area contributed by atoms with Crippen LogP contribution in [0, 0.1) is 5.82 Å². The Balaban J connectivity index is 2.29. The van der Waals surface area contributed by atoms with Crippen LogP contribution in [0.25, 0.3) is 0 Å². The van der Waals surface area contributed by atoms with E-state index in [-0.39, 0.29) is 15.6 Å². The fraction of sp³-hybridized carbons (Fsp3) is 0.500. The normalized spacial score (nSPS) is 19.0. The van der Waals surface area contributed by atoms with Crippen molar-refractivity contribution >= 4 is 34.7 Å². The summed E-state index contributed by atoms with van der Waals surface area (Å²) < 4.78 is 13.6. The first-order chi connectivity index (χ1) is 8.89. The van der Waals surface area contributed by atoms with Crippen molar-refractivity contribution in [2.24, 2.45) is 5.73 Å². The third kappa shape index (κ3) is 3.60. The molecule has 19 heavy (non-hydrogen) atoms. The molecule has 2 nitrogen and oxygen atoms in total. The molecular weight excluding hydrogens is 279 g/mol. The molecule has 0 radical (unpaired) electrons. The van der Waals surface area contributed by atoms with E-state index in [1.165, 1.54) is 12.1 Å². The van der Waals surface area contributed by atoms with Gasteiger partial charge in [-0.3, -0.25) is 0 Å². The number of rotatable bonds is 2. The number of halogens is 1. The average Bonchev–Trinajstić information content (AvgIpc) is 2.50. The van der Waals surface area contributed by atoms with Gasteiger partial charge in [0.25, 0.3) is 0 Å². The summed E-state index contributed by atoms with van der Waals surface area (Å²) in [5.74, 6) is 0.761. The smallest absolute Gasteiger partial charge is 0.124 e. The fourth-order valence-corrected chi connectivity index (χ4v) is 3.51. The van der Waals surface area contributed by atoms with Gasteiger partial charge in [-0.1, -0.05) is 26.1 Å². The summed E-state index contributed by atoms with van der Waals surface area (Å²) in [6.07, 6.45) is 1.09. The van der Waals surface area contributed by atoms with E-state index in [1.54, 1.807) is 6.07 Å². The summed E-state index contributed by atoms with van der Waals surface area (Å²) in [4.78, 5) is 2.51. The Morgan fingerprint density at radius 3 is 2.84 bits per heavy atom. The molecule has 2 N–H and O–H groups in total. The van der Waals surface area contributed by atoms with Gasteiger partial charge in [0.05, 0.1) is 0 Å². The van der Waals surface area contributed by atoms with Crippen LogP contribution in [0.2, 0.25) is 0 Å². The number of hydrogen-bond acceptors (Lipinski definition) is 3. The monoisotopic (exact) mass is 298 g/mol. The maximum Gasteiger partial charge on any atom is 0.124 e. The van der Waals surface area contributed by atoms with Crippen molar-refractivity contribution in [2.75, 3.05) is 23.7 Å². The van der Waals surface area contributed by atoms with Crippen LogP contribution >= 0.6 is 24.0 Å². The largest absolute Gasteiger partial charge is 0.389 e. The lowest BCUT2D eigenvalue weighted by atomic mass is 10.1. The molecule has 1 aromatic carbocycles. The van der Waals surface area contributed by atoms with E-state index in [4.69, 9.17) is 18.0 Å². The van der Waals surface area contributed by atoms with Gasteiger partial charge in [-0.25, -0.2) is 4.39 Å². The Bertz CT molecular complexity index is 488. The molecule has 0 unspecified atom stereocenters. The highest BCUT2D eigenvalue weighted by Crippen LogP contribution is 2.33. The van der Waals surface area contributed by atoms with Crippen LogP contribution in [-0.2, 0) is 0 Å². The number of thiocarbonyl (C=S) groups is 1. The van der Waals surface area contributed by atoms with Crippen molar-refractivity contribution in [3.05, 3.63) is 29.6 Å². The predicted octanol–water partition coefficient (Wildman–Crippen LogP) is 3.18. The Morgan fingerprint density at radius 2 is 2.16 bits per heavy atom. The molecule has 1 saturated heterocycles. The first kappa shape index (κ1) is 14.6. The minimum Gasteiger partial charge on any atom is -0.389 e. The van der Waals surface area contributed by atoms with Crippen molar-refractivity contribution in [2.45, 2.75) is 25.0 Å². The summed E-state index contributed by atoms with van der Waals surface area (Å²) in [5.41, 5.74) is 7.31. The second-order valence-electron chi connectivity index (χ2n) is 5.37. The maximum atomic E-state index is 13.3. The SMILES string of the molecule is CC1(C)CCN(c2ccc(F)cc2C(N)=S)CCS1. The quantitative estimate of drug-likeness (QED) is 0.849. The zero-order valence-corrected chi connectivity index (χ0v) is 12.9. The molecule has 2 rings (SSSR count). The van der Waals surface area contributed by atoms with Crippen LogP contribution in [0.5, 0.6) is 0 Å². The zero-order valence-electron chi connectivity index (χ0n) is 11.3. The minimum absolute atomic E-state index is 0.255. The molecule has 0 saturated carbocycles. The highest BCUT2D eigenvalue weighted by molar-refractivity contribution is 8.00. The topological polar surface area (TPSA) is 29.3 Å². The summed E-state index contributed by atoms with van der Waals surface area (Å²) in [6.45, 7) is 6.41. The first-order valence-corrected chi connectivity index (χ1v) is 7.77. The van der Waals surface area contributed by atoms with Gasteiger partial charge < -0.3 is 10.6 Å². The number of nitrogens with two attached hydrogens (primary N) is 1. The van der Waals surface area contributed by atoms with Crippen molar-refractivity contribution in [1.29, 1.82) is 0 Å². The number of hydrogen-bond donors (Lipinski definition) is 1. The molecule has 0 aromatic heterocycles. The summed E-state index contributed by atoms with van der Waals surface area (Å²) in [5, 5.41) is 0. The van der Waals surface area contributed by atoms with Gasteiger partial charge >= 0.3 is 0 Å². The zero-order chi connectivity index (χ0) is 14.0. The minimum atomic E-state index is -0.295. The molecule has 104 valence electrons. The van der Waals surface area contributed by atoms with Crippen LogP contribution in [0.1, 0.15) is 25.8 Å². The van der Waals surface area contributed by atoms with Crippen LogP contribution in [0.15, 0.2) is 18.2 Å². The molecule has 0 atom stereocenters. The maximum absolute atomic E-state index is 13.3. The van der Waals surface area contributed by atoms with Gasteiger partial charge in [-0.05, 0) is 24.6 Å². The van der Waals surface area contributed by atoms with E-state index < -0.39 is 0 Å². The second-order valence-corrected chi connectivity index (χ2v) is 7.61. The van der Waals surface area contributed by atoms with Gasteiger partial charge in [0.15, 0.2) is 0 Å². The van der Waals surface area contributed by atoms with Crippen LogP contribution < -0.4 is 10.6 Å². The lowest BCUT2D eigenvalue weighted by Crippen LogP contribution is -2.29. The van der Waals surface area contributed by atoms with Gasteiger partial charge in [0.1, 0.15) is 10.8 Å². The standard InChI is InChI=1S/C14H19FN2S2/c1-14(2)5-6-17(7-8-19-14)12-4-3-10(15)9-11(12)13(16)18/h3-4,9H,5-8H2,1-2H3,(H2,16,18). The summed E-state index contributed by atoms with van der Waals surface area (Å²) in [7, 11) is 0. The van der Waals surface area contributed by atoms with Gasteiger partial charge in [-0.15, -0.1) is 0 Å². The Labute approximate surface area is 123 Å². The Hall–Kier alpha value is -0.810. The van der Waals surface area contributed by atoms with E-state index in [0.29, 0.717) is 5.56 Å². The van der Waals surface area contributed by atoms with Crippen LogP contribution in [0.3, 0.4) is 0 Å². The van der Waals surface area contributed by atoms with E-state index in [2.05, 4.69) is 18.7 Å². The summed E-state index contributed by atoms with van der Waals surface area (Å²) in [6, 6.07) is 4.69. The van der Waals surface area contributed by atoms with Gasteiger partial charge in [-0.2, -0.15) is 11.8 Å². The Morgan fingerprint density at radius 1 is 1.42 bits per heavy atom. The van der Waals surface area contributed by atoms with Crippen molar-refractivity contribution < 1.29 is 4.39 Å². The van der Waals surface area contributed by atoms with Gasteiger partial charge in [0, 0.05) is 34.8 Å². The first-order valence-electron chi connectivity index (χ1n) is 6.37. The van der Waals surface area contributed by atoms with E-state index in [1.807, 2.05) is 11.8 Å². The lowest BCUT2D eigenvalue weighted by Gasteiger charge is -2.26. The number of anilines is 1. The molecule has 1 fully saturated rings. The molecule has 1 aliphatic rings. The third-order valence-corrected chi connectivity index (χ3v) is 4.99. The van der Waals surface area contributed by atoms with E-state index in [9.17, 15) is 4.39 Å². The molecule has 0 spiro atoms. The molecule has 1 aliphatic heterocycles.